The number of hydrogen-bond acceptors (Lipinski definition) is 7. The van der Waals surface area contributed by atoms with Gasteiger partial charge in [-0.3, -0.25) is 9.78 Å². The molecule has 1 unspecified atom stereocenters. The van der Waals surface area contributed by atoms with E-state index in [2.05, 4.69) is 9.97 Å². The van der Waals surface area contributed by atoms with Crippen LogP contribution in [-0.2, 0) is 0 Å². The predicted molar refractivity (Wildman–Crippen MR) is 127 cm³/mol. The number of likely N-dealkylation sites (tertiary alicyclic amines) is 1. The third-order valence-corrected chi connectivity index (χ3v) is 5.89. The van der Waals surface area contributed by atoms with Crippen molar-refractivity contribution in [1.29, 1.82) is 0 Å². The molecular weight excluding hydrogens is 418 g/mol. The fourth-order valence-corrected chi connectivity index (χ4v) is 4.28. The molecule has 0 aliphatic carbocycles. The van der Waals surface area contributed by atoms with E-state index in [9.17, 15) is 4.79 Å². The van der Waals surface area contributed by atoms with Crippen LogP contribution in [-0.4, -0.2) is 60.6 Å². The van der Waals surface area contributed by atoms with E-state index in [0.29, 0.717) is 29.6 Å². The first-order valence-corrected chi connectivity index (χ1v) is 11.0. The number of carbonyl (C=O) groups is 1. The van der Waals surface area contributed by atoms with E-state index < -0.39 is 0 Å². The molecule has 1 amide bonds. The highest BCUT2D eigenvalue weighted by Gasteiger charge is 2.33. The number of aromatic nitrogens is 3. The molecule has 1 aromatic carbocycles. The van der Waals surface area contributed by atoms with Crippen molar-refractivity contribution in [3.8, 4) is 22.6 Å². The molecule has 1 atom stereocenters. The van der Waals surface area contributed by atoms with Gasteiger partial charge in [0.2, 0.25) is 5.95 Å². The van der Waals surface area contributed by atoms with Crippen LogP contribution >= 0.6 is 0 Å². The summed E-state index contributed by atoms with van der Waals surface area (Å²) in [6.45, 7) is 0.655. The van der Waals surface area contributed by atoms with E-state index in [-0.39, 0.29) is 11.9 Å². The number of nitrogens with zero attached hydrogens (tertiary/aromatic N) is 5. The molecule has 8 heteroatoms. The highest BCUT2D eigenvalue weighted by atomic mass is 16.5. The maximum atomic E-state index is 13.5. The highest BCUT2D eigenvalue weighted by molar-refractivity contribution is 5.94. The molecule has 3 aromatic rings. The first-order valence-electron chi connectivity index (χ1n) is 11.0. The van der Waals surface area contributed by atoms with Crippen molar-refractivity contribution < 1.29 is 14.3 Å². The van der Waals surface area contributed by atoms with Gasteiger partial charge in [-0.1, -0.05) is 6.07 Å². The van der Waals surface area contributed by atoms with Crippen LogP contribution in [0.2, 0.25) is 0 Å². The SMILES string of the molecule is COc1cccc(OC)c1-c1cnc(N(C)C)nc1C1CCCCN1C(=O)c1cccnc1. The zero-order chi connectivity index (χ0) is 23.4. The van der Waals surface area contributed by atoms with Crippen LogP contribution in [0.3, 0.4) is 0 Å². The average molecular weight is 448 g/mol. The van der Waals surface area contributed by atoms with Crippen LogP contribution in [0.25, 0.3) is 11.1 Å². The zero-order valence-electron chi connectivity index (χ0n) is 19.5. The van der Waals surface area contributed by atoms with E-state index >= 15 is 0 Å². The molecule has 0 saturated carbocycles. The number of amides is 1. The summed E-state index contributed by atoms with van der Waals surface area (Å²) < 4.78 is 11.3. The maximum Gasteiger partial charge on any atom is 0.255 e. The van der Waals surface area contributed by atoms with E-state index in [0.717, 1.165) is 36.1 Å². The first-order chi connectivity index (χ1) is 16.0. The Balaban J connectivity index is 1.89. The van der Waals surface area contributed by atoms with Crippen LogP contribution in [0, 0.1) is 0 Å². The number of anilines is 1. The number of piperidine rings is 1. The van der Waals surface area contributed by atoms with E-state index in [1.807, 2.05) is 42.1 Å². The zero-order valence-corrected chi connectivity index (χ0v) is 19.5. The quantitative estimate of drug-likeness (QED) is 0.565. The fraction of sp³-hybridized carbons (Fsp3) is 0.360. The van der Waals surface area contributed by atoms with Crippen LogP contribution in [0.15, 0.2) is 48.9 Å². The number of methoxy groups -OCH3 is 2. The number of ether oxygens (including phenoxy) is 2. The number of carbonyl (C=O) groups excluding carboxylic acids is 1. The third kappa shape index (κ3) is 4.46. The van der Waals surface area contributed by atoms with Crippen molar-refractivity contribution in [1.82, 2.24) is 19.9 Å². The summed E-state index contributed by atoms with van der Waals surface area (Å²) in [6, 6.07) is 9.04. The lowest BCUT2D eigenvalue weighted by atomic mass is 9.92. The van der Waals surface area contributed by atoms with Crippen molar-refractivity contribution in [2.24, 2.45) is 0 Å². The minimum atomic E-state index is -0.210. The minimum Gasteiger partial charge on any atom is -0.496 e. The van der Waals surface area contributed by atoms with Crippen LogP contribution in [0.1, 0.15) is 41.4 Å². The topological polar surface area (TPSA) is 80.7 Å². The van der Waals surface area contributed by atoms with Gasteiger partial charge < -0.3 is 19.3 Å². The molecule has 33 heavy (non-hydrogen) atoms. The molecule has 172 valence electrons. The molecule has 1 fully saturated rings. The van der Waals surface area contributed by atoms with E-state index in [1.54, 1.807) is 44.9 Å². The van der Waals surface area contributed by atoms with Gasteiger partial charge in [0.1, 0.15) is 11.5 Å². The summed E-state index contributed by atoms with van der Waals surface area (Å²) in [5, 5.41) is 0. The van der Waals surface area contributed by atoms with Gasteiger partial charge in [0, 0.05) is 44.8 Å². The molecule has 1 aliphatic heterocycles. The van der Waals surface area contributed by atoms with Crippen LogP contribution in [0.4, 0.5) is 5.95 Å². The van der Waals surface area contributed by atoms with Gasteiger partial charge in [-0.15, -0.1) is 0 Å². The second-order valence-corrected chi connectivity index (χ2v) is 8.15. The first kappa shape index (κ1) is 22.5. The van der Waals surface area contributed by atoms with Gasteiger partial charge in [-0.05, 0) is 43.5 Å². The molecule has 3 heterocycles. The molecule has 4 rings (SSSR count). The summed E-state index contributed by atoms with van der Waals surface area (Å²) in [5.74, 6) is 1.87. The lowest BCUT2D eigenvalue weighted by Crippen LogP contribution is -2.39. The largest absolute Gasteiger partial charge is 0.496 e. The third-order valence-electron chi connectivity index (χ3n) is 5.89. The highest BCUT2D eigenvalue weighted by Crippen LogP contribution is 2.43. The molecule has 1 saturated heterocycles. The summed E-state index contributed by atoms with van der Waals surface area (Å²) in [6.07, 6.45) is 7.85. The molecule has 2 aromatic heterocycles. The summed E-state index contributed by atoms with van der Waals surface area (Å²) >= 11 is 0. The molecular formula is C25H29N5O3. The van der Waals surface area contributed by atoms with Crippen molar-refractivity contribution in [2.75, 3.05) is 39.8 Å². The van der Waals surface area contributed by atoms with Gasteiger partial charge in [-0.25, -0.2) is 9.97 Å². The predicted octanol–water partition coefficient (Wildman–Crippen LogP) is 3.99. The van der Waals surface area contributed by atoms with Crippen molar-refractivity contribution >= 4 is 11.9 Å². The Morgan fingerprint density at radius 1 is 1.06 bits per heavy atom. The second-order valence-electron chi connectivity index (χ2n) is 8.15. The van der Waals surface area contributed by atoms with Crippen molar-refractivity contribution in [3.63, 3.8) is 0 Å². The van der Waals surface area contributed by atoms with Crippen molar-refractivity contribution in [2.45, 2.75) is 25.3 Å². The lowest BCUT2D eigenvalue weighted by molar-refractivity contribution is 0.0606. The Hall–Kier alpha value is -3.68. The van der Waals surface area contributed by atoms with Crippen molar-refractivity contribution in [3.05, 3.63) is 60.2 Å². The Morgan fingerprint density at radius 3 is 2.45 bits per heavy atom. The standard InChI is InChI=1S/C25H29N5O3/c1-29(2)25-27-16-18(22-20(32-3)11-7-12-21(22)33-4)23(28-25)19-10-5-6-14-30(19)24(31)17-9-8-13-26-15-17/h7-9,11-13,15-16,19H,5-6,10,14H2,1-4H3. The van der Waals surface area contributed by atoms with E-state index in [1.165, 1.54) is 0 Å². The monoisotopic (exact) mass is 447 g/mol. The second kappa shape index (κ2) is 9.85. The Kier molecular flexibility index (Phi) is 6.72. The molecule has 0 spiro atoms. The molecule has 1 aliphatic rings. The normalized spacial score (nSPS) is 15.8. The number of benzene rings is 1. The fourth-order valence-electron chi connectivity index (χ4n) is 4.28. The summed E-state index contributed by atoms with van der Waals surface area (Å²) in [5.41, 5.74) is 2.93. The number of pyridine rings is 1. The van der Waals surface area contributed by atoms with Gasteiger partial charge in [0.15, 0.2) is 0 Å². The van der Waals surface area contributed by atoms with E-state index in [4.69, 9.17) is 14.5 Å². The Bertz CT molecular complexity index is 1100. The summed E-state index contributed by atoms with van der Waals surface area (Å²) in [7, 11) is 7.07. The molecule has 0 bridgehead atoms. The number of rotatable bonds is 6. The van der Waals surface area contributed by atoms with Gasteiger partial charge in [0.05, 0.1) is 37.1 Å². The molecule has 0 radical (unpaired) electrons. The molecule has 0 N–H and O–H groups in total. The number of hydrogen-bond donors (Lipinski definition) is 0. The van der Waals surface area contributed by atoms with Gasteiger partial charge in [-0.2, -0.15) is 0 Å². The van der Waals surface area contributed by atoms with Crippen LogP contribution < -0.4 is 14.4 Å². The minimum absolute atomic E-state index is 0.0456. The Labute approximate surface area is 194 Å². The average Bonchev–Trinajstić information content (AvgIpc) is 2.87. The Morgan fingerprint density at radius 2 is 1.82 bits per heavy atom. The van der Waals surface area contributed by atoms with Crippen LogP contribution in [0.5, 0.6) is 11.5 Å². The smallest absolute Gasteiger partial charge is 0.255 e. The maximum absolute atomic E-state index is 13.5. The summed E-state index contributed by atoms with van der Waals surface area (Å²) in [4.78, 5) is 30.9. The van der Waals surface area contributed by atoms with Gasteiger partial charge in [0.25, 0.3) is 5.91 Å². The lowest BCUT2D eigenvalue weighted by Gasteiger charge is -2.36. The molecule has 8 nitrogen and oxygen atoms in total. The van der Waals surface area contributed by atoms with Gasteiger partial charge >= 0.3 is 0 Å².